The molecule has 0 N–H and O–H groups in total. The molecule has 0 aliphatic heterocycles. The van der Waals surface area contributed by atoms with Gasteiger partial charge in [0.25, 0.3) is 0 Å². The largest absolute Gasteiger partial charge is 0.0763 e. The van der Waals surface area contributed by atoms with E-state index in [1.165, 1.54) is 23.3 Å². The highest BCUT2D eigenvalue weighted by Crippen LogP contribution is 2.29. The molecule has 0 heterocycles. The third kappa shape index (κ3) is 1.61. The van der Waals surface area contributed by atoms with Crippen LogP contribution in [0.5, 0.6) is 0 Å². The Bertz CT molecular complexity index is 444. The standard InChI is InChI=1S/C14H18/c1-14(2,3)13-10-6-8-11-7-4-5-9-12(11)13/h4-5,7-9H,6,10H2,1-3H3. The van der Waals surface area contributed by atoms with Gasteiger partial charge in [0.05, 0.1) is 0 Å². The average molecular weight is 186 g/mol. The first-order valence-corrected chi connectivity index (χ1v) is 5.38. The molecule has 0 unspecified atom stereocenters. The molecule has 0 atom stereocenters. The third-order valence-corrected chi connectivity index (χ3v) is 2.95. The summed E-state index contributed by atoms with van der Waals surface area (Å²) in [6.45, 7) is 6.93. The summed E-state index contributed by atoms with van der Waals surface area (Å²) in [4.78, 5) is 0. The van der Waals surface area contributed by atoms with E-state index < -0.39 is 0 Å². The topological polar surface area (TPSA) is 0 Å². The zero-order valence-electron chi connectivity index (χ0n) is 9.30. The maximum absolute atomic E-state index is 2.35. The van der Waals surface area contributed by atoms with Crippen molar-refractivity contribution in [1.29, 1.82) is 0 Å². The van der Waals surface area contributed by atoms with Gasteiger partial charge in [-0.15, -0.1) is 0 Å². The first-order chi connectivity index (χ1) is 6.59. The van der Waals surface area contributed by atoms with E-state index in [0.29, 0.717) is 5.41 Å². The van der Waals surface area contributed by atoms with Crippen LogP contribution >= 0.6 is 0 Å². The number of hydrogen-bond acceptors (Lipinski definition) is 0. The zero-order chi connectivity index (χ0) is 10.2. The van der Waals surface area contributed by atoms with Gasteiger partial charge in [-0.25, -0.2) is 0 Å². The van der Waals surface area contributed by atoms with E-state index in [2.05, 4.69) is 51.1 Å². The van der Waals surface area contributed by atoms with E-state index in [4.69, 9.17) is 0 Å². The number of rotatable bonds is 0. The van der Waals surface area contributed by atoms with Gasteiger partial charge in [-0.2, -0.15) is 0 Å². The maximum atomic E-state index is 2.35. The van der Waals surface area contributed by atoms with Crippen LogP contribution in [0.2, 0.25) is 0 Å². The van der Waals surface area contributed by atoms with Crippen LogP contribution in [-0.2, 0) is 0 Å². The lowest BCUT2D eigenvalue weighted by Crippen LogP contribution is -2.33. The molecule has 0 bridgehead atoms. The van der Waals surface area contributed by atoms with Crippen molar-refractivity contribution >= 4 is 11.6 Å². The van der Waals surface area contributed by atoms with Crippen molar-refractivity contribution < 1.29 is 0 Å². The molecule has 1 aromatic carbocycles. The second-order valence-corrected chi connectivity index (χ2v) is 5.06. The molecule has 1 aromatic rings. The minimum Gasteiger partial charge on any atom is -0.0763 e. The number of hydrogen-bond donors (Lipinski definition) is 0. The van der Waals surface area contributed by atoms with Crippen molar-refractivity contribution in [3.8, 4) is 0 Å². The van der Waals surface area contributed by atoms with Crippen LogP contribution < -0.4 is 10.4 Å². The Morgan fingerprint density at radius 2 is 1.79 bits per heavy atom. The second-order valence-electron chi connectivity index (χ2n) is 5.06. The van der Waals surface area contributed by atoms with Crippen molar-refractivity contribution in [3.05, 3.63) is 34.7 Å². The molecule has 0 spiro atoms. The maximum Gasteiger partial charge on any atom is -0.0164 e. The quantitative estimate of drug-likeness (QED) is 0.584. The Kier molecular flexibility index (Phi) is 2.22. The minimum absolute atomic E-state index is 0.310. The van der Waals surface area contributed by atoms with E-state index in [1.54, 1.807) is 5.57 Å². The fourth-order valence-corrected chi connectivity index (χ4v) is 2.24. The molecule has 0 nitrogen and oxygen atoms in total. The Morgan fingerprint density at radius 3 is 2.50 bits per heavy atom. The summed E-state index contributed by atoms with van der Waals surface area (Å²) < 4.78 is 0. The van der Waals surface area contributed by atoms with Gasteiger partial charge in [-0.3, -0.25) is 0 Å². The van der Waals surface area contributed by atoms with Crippen LogP contribution in [-0.4, -0.2) is 0 Å². The highest BCUT2D eigenvalue weighted by Gasteiger charge is 2.18. The van der Waals surface area contributed by atoms with Crippen molar-refractivity contribution in [3.63, 3.8) is 0 Å². The number of benzene rings is 1. The molecule has 0 saturated carbocycles. The molecular weight excluding hydrogens is 168 g/mol. The van der Waals surface area contributed by atoms with Gasteiger partial charge in [0, 0.05) is 0 Å². The second kappa shape index (κ2) is 3.27. The van der Waals surface area contributed by atoms with E-state index in [0.717, 1.165) is 0 Å². The summed E-state index contributed by atoms with van der Waals surface area (Å²) in [5.41, 5.74) is 1.92. The van der Waals surface area contributed by atoms with Crippen LogP contribution in [0, 0.1) is 5.41 Å². The Balaban J connectivity index is 2.78. The van der Waals surface area contributed by atoms with E-state index in [1.807, 2.05) is 0 Å². The lowest BCUT2D eigenvalue weighted by atomic mass is 9.80. The summed E-state index contributed by atoms with van der Waals surface area (Å²) in [6.07, 6.45) is 4.77. The highest BCUT2D eigenvalue weighted by molar-refractivity contribution is 5.55. The Morgan fingerprint density at radius 1 is 1.07 bits per heavy atom. The monoisotopic (exact) mass is 186 g/mol. The summed E-state index contributed by atoms with van der Waals surface area (Å²) in [6, 6.07) is 8.75. The highest BCUT2D eigenvalue weighted by atomic mass is 14.2. The van der Waals surface area contributed by atoms with Crippen molar-refractivity contribution in [2.45, 2.75) is 33.6 Å². The van der Waals surface area contributed by atoms with Crippen LogP contribution in [0.3, 0.4) is 0 Å². The molecular formula is C14H18. The fourth-order valence-electron chi connectivity index (χ4n) is 2.24. The molecule has 0 amide bonds. The predicted molar refractivity (Wildman–Crippen MR) is 62.3 cm³/mol. The molecule has 0 saturated heterocycles. The summed E-state index contributed by atoms with van der Waals surface area (Å²) in [7, 11) is 0. The van der Waals surface area contributed by atoms with E-state index in [-0.39, 0.29) is 0 Å². The summed E-state index contributed by atoms with van der Waals surface area (Å²) in [5, 5.41) is 2.88. The van der Waals surface area contributed by atoms with Gasteiger partial charge in [-0.1, -0.05) is 56.7 Å². The van der Waals surface area contributed by atoms with Crippen molar-refractivity contribution in [2.24, 2.45) is 5.41 Å². The van der Waals surface area contributed by atoms with Gasteiger partial charge >= 0.3 is 0 Å². The van der Waals surface area contributed by atoms with E-state index >= 15 is 0 Å². The van der Waals surface area contributed by atoms with Gasteiger partial charge in [-0.05, 0) is 28.7 Å². The number of fused-ring (bicyclic) bond motifs is 1. The molecule has 0 fully saturated rings. The van der Waals surface area contributed by atoms with Crippen molar-refractivity contribution in [1.82, 2.24) is 0 Å². The molecule has 0 radical (unpaired) electrons. The fraction of sp³-hybridized carbons (Fsp3) is 0.429. The normalized spacial score (nSPS) is 16.1. The Hall–Kier alpha value is -1.04. The van der Waals surface area contributed by atoms with Crippen LogP contribution in [0.15, 0.2) is 24.3 Å². The third-order valence-electron chi connectivity index (χ3n) is 2.95. The molecule has 0 heteroatoms. The molecule has 0 aromatic heterocycles. The molecule has 2 rings (SSSR count). The summed E-state index contributed by atoms with van der Waals surface area (Å²) in [5.74, 6) is 0. The SMILES string of the molecule is CC(C)(C)C1=c2ccccc2=CCC1. The van der Waals surface area contributed by atoms with E-state index in [9.17, 15) is 0 Å². The van der Waals surface area contributed by atoms with Crippen LogP contribution in [0.25, 0.3) is 11.6 Å². The van der Waals surface area contributed by atoms with Gasteiger partial charge in [0.15, 0.2) is 0 Å². The first-order valence-electron chi connectivity index (χ1n) is 5.38. The first kappa shape index (κ1) is 9.51. The van der Waals surface area contributed by atoms with Gasteiger partial charge in [0.2, 0.25) is 0 Å². The Labute approximate surface area is 86.0 Å². The van der Waals surface area contributed by atoms with Gasteiger partial charge in [0.1, 0.15) is 0 Å². The molecule has 14 heavy (non-hydrogen) atoms. The molecule has 1 aliphatic rings. The molecule has 1 aliphatic carbocycles. The zero-order valence-corrected chi connectivity index (χ0v) is 9.30. The van der Waals surface area contributed by atoms with Crippen molar-refractivity contribution in [2.75, 3.05) is 0 Å². The average Bonchev–Trinajstić information content (AvgIpc) is 2.15. The van der Waals surface area contributed by atoms with Crippen LogP contribution in [0.4, 0.5) is 0 Å². The summed E-state index contributed by atoms with van der Waals surface area (Å²) >= 11 is 0. The smallest absolute Gasteiger partial charge is 0.0164 e. The lowest BCUT2D eigenvalue weighted by molar-refractivity contribution is 0.543. The van der Waals surface area contributed by atoms with Gasteiger partial charge < -0.3 is 0 Å². The lowest BCUT2D eigenvalue weighted by Gasteiger charge is -2.25. The molecule has 74 valence electrons. The minimum atomic E-state index is 0.310. The van der Waals surface area contributed by atoms with Crippen LogP contribution in [0.1, 0.15) is 33.6 Å². The predicted octanol–water partition coefficient (Wildman–Crippen LogP) is 2.46.